The molecule has 0 spiro atoms. The van der Waals surface area contributed by atoms with Crippen LogP contribution in [-0.4, -0.2) is 65.0 Å². The monoisotopic (exact) mass is 431 g/mol. The molecule has 1 aliphatic heterocycles. The summed E-state index contributed by atoms with van der Waals surface area (Å²) in [6, 6.07) is 5.17. The van der Waals surface area contributed by atoms with E-state index in [4.69, 9.17) is 5.73 Å². The molecule has 1 amide bonds. The smallest absolute Gasteiger partial charge is 0.279 e. The van der Waals surface area contributed by atoms with Crippen LogP contribution in [0.25, 0.3) is 0 Å². The zero-order chi connectivity index (χ0) is 21.1. The third-order valence-corrected chi connectivity index (χ3v) is 7.95. The maximum atomic E-state index is 12.8. The normalized spacial score (nSPS) is 18.5. The molecule has 2 fully saturated rings. The summed E-state index contributed by atoms with van der Waals surface area (Å²) in [6.45, 7) is 1.73. The molecule has 11 heteroatoms. The van der Waals surface area contributed by atoms with Crippen molar-refractivity contribution in [2.75, 3.05) is 42.1 Å². The number of sulfonamides is 1. The van der Waals surface area contributed by atoms with Crippen molar-refractivity contribution in [2.45, 2.75) is 30.9 Å². The summed E-state index contributed by atoms with van der Waals surface area (Å²) in [6.07, 6.45) is 6.54. The van der Waals surface area contributed by atoms with Crippen molar-refractivity contribution in [2.24, 2.45) is 0 Å². The molecule has 4 rings (SSSR count). The van der Waals surface area contributed by atoms with Crippen LogP contribution in [0.1, 0.15) is 36.2 Å². The van der Waals surface area contributed by atoms with Crippen molar-refractivity contribution in [3.63, 3.8) is 0 Å². The molecule has 0 bridgehead atoms. The minimum atomic E-state index is -3.25. The first-order chi connectivity index (χ1) is 14.4. The molecule has 2 aromatic rings. The van der Waals surface area contributed by atoms with Crippen LogP contribution in [0.4, 0.5) is 17.5 Å². The first-order valence-corrected chi connectivity index (χ1v) is 11.5. The molecular weight excluding hydrogens is 406 g/mol. The summed E-state index contributed by atoms with van der Waals surface area (Å²) in [5.41, 5.74) is 5.87. The molecule has 1 saturated heterocycles. The number of nitrogens with zero attached hydrogens (tertiary/aromatic N) is 5. The number of nitrogen functional groups attached to an aromatic ring is 1. The highest BCUT2D eigenvalue weighted by Crippen LogP contribution is 2.28. The molecule has 0 atom stereocenters. The largest absolute Gasteiger partial charge is 0.382 e. The molecule has 2 aliphatic rings. The van der Waals surface area contributed by atoms with Crippen LogP contribution in [0, 0.1) is 0 Å². The van der Waals surface area contributed by atoms with Crippen LogP contribution < -0.4 is 16.0 Å². The number of aromatic nitrogens is 3. The van der Waals surface area contributed by atoms with Crippen molar-refractivity contribution in [3.05, 3.63) is 36.3 Å². The van der Waals surface area contributed by atoms with E-state index in [9.17, 15) is 13.2 Å². The van der Waals surface area contributed by atoms with Crippen LogP contribution in [0.5, 0.6) is 0 Å². The van der Waals surface area contributed by atoms with Gasteiger partial charge in [-0.15, -0.1) is 0 Å². The molecule has 0 aromatic carbocycles. The average Bonchev–Trinajstić information content (AvgIpc) is 3.31. The summed E-state index contributed by atoms with van der Waals surface area (Å²) >= 11 is 0. The third kappa shape index (κ3) is 4.21. The zero-order valence-electron chi connectivity index (χ0n) is 16.6. The molecule has 3 heterocycles. The van der Waals surface area contributed by atoms with Crippen molar-refractivity contribution in [1.82, 2.24) is 19.3 Å². The minimum Gasteiger partial charge on any atom is -0.382 e. The summed E-state index contributed by atoms with van der Waals surface area (Å²) in [5.74, 6) is 0.408. The molecule has 1 aliphatic carbocycles. The van der Waals surface area contributed by atoms with Gasteiger partial charge in [0.25, 0.3) is 5.91 Å². The van der Waals surface area contributed by atoms with Gasteiger partial charge in [0.1, 0.15) is 11.6 Å². The number of amides is 1. The van der Waals surface area contributed by atoms with Crippen LogP contribution in [0.15, 0.2) is 30.6 Å². The number of nitrogens with two attached hydrogens (primary N) is 1. The first-order valence-electron chi connectivity index (χ1n) is 10.0. The number of carbonyl (C=O) groups is 1. The fraction of sp³-hybridized carbons (Fsp3) is 0.474. The minimum absolute atomic E-state index is 0.0131. The molecule has 160 valence electrons. The number of rotatable bonds is 5. The van der Waals surface area contributed by atoms with E-state index in [1.54, 1.807) is 28.7 Å². The van der Waals surface area contributed by atoms with Gasteiger partial charge >= 0.3 is 0 Å². The lowest BCUT2D eigenvalue weighted by Crippen LogP contribution is -2.51. The van der Waals surface area contributed by atoms with Crippen LogP contribution in [-0.2, 0) is 10.0 Å². The quantitative estimate of drug-likeness (QED) is 0.719. The summed E-state index contributed by atoms with van der Waals surface area (Å²) < 4.78 is 27.2. The highest BCUT2D eigenvalue weighted by Gasteiger charge is 2.36. The van der Waals surface area contributed by atoms with E-state index in [1.807, 2.05) is 4.90 Å². The topological polar surface area (TPSA) is 134 Å². The Labute approximate surface area is 175 Å². The molecule has 10 nitrogen and oxygen atoms in total. The maximum absolute atomic E-state index is 12.8. The zero-order valence-corrected chi connectivity index (χ0v) is 17.4. The van der Waals surface area contributed by atoms with Gasteiger partial charge in [0.05, 0.1) is 11.4 Å². The summed E-state index contributed by atoms with van der Waals surface area (Å²) in [7, 11) is -3.25. The van der Waals surface area contributed by atoms with E-state index in [2.05, 4.69) is 20.3 Å². The molecule has 3 N–H and O–H groups in total. The highest BCUT2D eigenvalue weighted by atomic mass is 32.2. The number of anilines is 3. The Morgan fingerprint density at radius 1 is 1.10 bits per heavy atom. The van der Waals surface area contributed by atoms with Gasteiger partial charge in [0.2, 0.25) is 10.0 Å². The Morgan fingerprint density at radius 3 is 2.50 bits per heavy atom. The van der Waals surface area contributed by atoms with Gasteiger partial charge in [-0.1, -0.05) is 18.9 Å². The predicted molar refractivity (Wildman–Crippen MR) is 114 cm³/mol. The van der Waals surface area contributed by atoms with Gasteiger partial charge in [-0.25, -0.2) is 23.4 Å². The van der Waals surface area contributed by atoms with E-state index in [0.717, 1.165) is 25.7 Å². The average molecular weight is 432 g/mol. The van der Waals surface area contributed by atoms with Gasteiger partial charge in [-0.3, -0.25) is 4.79 Å². The van der Waals surface area contributed by atoms with Crippen LogP contribution in [0.2, 0.25) is 0 Å². The summed E-state index contributed by atoms with van der Waals surface area (Å²) in [5, 5.41) is 2.40. The Hall–Kier alpha value is -2.79. The standard InChI is InChI=1S/C19H25N7O3S/c20-18-17(19(27)23-15-7-3-4-8-21-15)24-16(13-22-18)25-9-11-26(12-10-25)30(28,29)14-5-1-2-6-14/h3-4,7-8,13-14H,1-2,5-6,9-12H2,(H2,20,22)(H,21,23,27). The van der Waals surface area contributed by atoms with E-state index < -0.39 is 15.9 Å². The fourth-order valence-electron chi connectivity index (χ4n) is 3.89. The van der Waals surface area contributed by atoms with Gasteiger partial charge in [0, 0.05) is 32.4 Å². The van der Waals surface area contributed by atoms with Crippen molar-refractivity contribution >= 4 is 33.4 Å². The second-order valence-corrected chi connectivity index (χ2v) is 9.68. The number of hydrogen-bond acceptors (Lipinski definition) is 8. The lowest BCUT2D eigenvalue weighted by Gasteiger charge is -2.35. The Bertz CT molecular complexity index is 1000. The van der Waals surface area contributed by atoms with Crippen molar-refractivity contribution in [3.8, 4) is 0 Å². The van der Waals surface area contributed by atoms with Crippen molar-refractivity contribution < 1.29 is 13.2 Å². The molecule has 30 heavy (non-hydrogen) atoms. The SMILES string of the molecule is Nc1ncc(N2CCN(S(=O)(=O)C3CCCC3)CC2)nc1C(=O)Nc1ccccn1. The number of hydrogen-bond donors (Lipinski definition) is 2. The van der Waals surface area contributed by atoms with Crippen molar-refractivity contribution in [1.29, 1.82) is 0 Å². The predicted octanol–water partition coefficient (Wildman–Crippen LogP) is 1.10. The molecule has 1 saturated carbocycles. The van der Waals surface area contributed by atoms with E-state index in [-0.39, 0.29) is 16.8 Å². The first kappa shape index (κ1) is 20.5. The second kappa shape index (κ2) is 8.52. The van der Waals surface area contributed by atoms with Gasteiger partial charge in [-0.05, 0) is 25.0 Å². The lowest BCUT2D eigenvalue weighted by molar-refractivity contribution is 0.102. The Kier molecular flexibility index (Phi) is 5.82. The Morgan fingerprint density at radius 2 is 1.83 bits per heavy atom. The maximum Gasteiger partial charge on any atom is 0.279 e. The van der Waals surface area contributed by atoms with Gasteiger partial charge < -0.3 is 16.0 Å². The second-order valence-electron chi connectivity index (χ2n) is 7.47. The lowest BCUT2D eigenvalue weighted by atomic mass is 10.3. The molecule has 0 radical (unpaired) electrons. The Balaban J connectivity index is 1.44. The number of pyridine rings is 1. The number of nitrogens with one attached hydrogen (secondary N) is 1. The number of carbonyl (C=O) groups excluding carboxylic acids is 1. The molecular formula is C19H25N7O3S. The molecule has 2 aromatic heterocycles. The number of piperazine rings is 1. The van der Waals surface area contributed by atoms with Gasteiger partial charge in [0.15, 0.2) is 11.5 Å². The third-order valence-electron chi connectivity index (χ3n) is 5.56. The highest BCUT2D eigenvalue weighted by molar-refractivity contribution is 7.89. The van der Waals surface area contributed by atoms with E-state index in [1.165, 1.54) is 6.20 Å². The molecule has 0 unspecified atom stereocenters. The van der Waals surface area contributed by atoms with Crippen LogP contribution >= 0.6 is 0 Å². The van der Waals surface area contributed by atoms with E-state index >= 15 is 0 Å². The van der Waals surface area contributed by atoms with Gasteiger partial charge in [-0.2, -0.15) is 4.31 Å². The van der Waals surface area contributed by atoms with Crippen LogP contribution in [0.3, 0.4) is 0 Å². The van der Waals surface area contributed by atoms with E-state index in [0.29, 0.717) is 37.8 Å². The summed E-state index contributed by atoms with van der Waals surface area (Å²) in [4.78, 5) is 27.0. The fourth-order valence-corrected chi connectivity index (χ4v) is 5.91.